The third-order valence-electron chi connectivity index (χ3n) is 4.29. The van der Waals surface area contributed by atoms with Crippen LogP contribution in [0, 0.1) is 17.5 Å². The molecule has 0 bridgehead atoms. The van der Waals surface area contributed by atoms with Crippen molar-refractivity contribution >= 4 is 10.9 Å². The zero-order chi connectivity index (χ0) is 18.8. The van der Waals surface area contributed by atoms with Gasteiger partial charge >= 0.3 is 0 Å². The molecule has 2 aromatic carbocycles. The normalized spacial score (nSPS) is 13.9. The van der Waals surface area contributed by atoms with Crippen molar-refractivity contribution in [3.63, 3.8) is 0 Å². The van der Waals surface area contributed by atoms with Crippen LogP contribution in [-0.4, -0.2) is 28.9 Å². The molecule has 3 rings (SSSR count). The van der Waals surface area contributed by atoms with Gasteiger partial charge in [0.2, 0.25) is 0 Å². The Morgan fingerprint density at radius 1 is 1.12 bits per heavy atom. The lowest BCUT2D eigenvalue weighted by Crippen LogP contribution is -2.43. The number of aromatic nitrogens is 1. The van der Waals surface area contributed by atoms with E-state index in [1.807, 2.05) is 0 Å². The lowest BCUT2D eigenvalue weighted by atomic mass is 10.0. The van der Waals surface area contributed by atoms with Crippen LogP contribution < -0.4 is 11.1 Å². The van der Waals surface area contributed by atoms with Gasteiger partial charge in [0.1, 0.15) is 23.7 Å². The standard InChI is InChI=1S/C19H20F3N3O/c1-10(23)19(26)24-7-6-14-15-8-13(21)9-16(22)18(15)25-17(14)11-2-4-12(20)5-3-11/h2-5,8-10,19,24-26H,6-7,23H2,1H3/t10-,19?/m0/s1. The van der Waals surface area contributed by atoms with E-state index in [1.165, 1.54) is 18.2 Å². The first kappa shape index (κ1) is 18.4. The summed E-state index contributed by atoms with van der Waals surface area (Å²) in [4.78, 5) is 2.98. The van der Waals surface area contributed by atoms with Crippen molar-refractivity contribution in [2.75, 3.05) is 6.54 Å². The van der Waals surface area contributed by atoms with E-state index in [9.17, 15) is 18.3 Å². The summed E-state index contributed by atoms with van der Waals surface area (Å²) in [5, 5.41) is 13.1. The number of halogens is 3. The Hall–Kier alpha value is -2.35. The number of aliphatic hydroxyl groups is 1. The summed E-state index contributed by atoms with van der Waals surface area (Å²) in [7, 11) is 0. The Kier molecular flexibility index (Phi) is 5.31. The zero-order valence-electron chi connectivity index (χ0n) is 14.2. The van der Waals surface area contributed by atoms with Gasteiger partial charge in [0, 0.05) is 29.7 Å². The molecule has 7 heteroatoms. The first-order valence-corrected chi connectivity index (χ1v) is 8.29. The Labute approximate surface area is 148 Å². The van der Waals surface area contributed by atoms with Crippen LogP contribution in [-0.2, 0) is 6.42 Å². The molecule has 0 aliphatic carbocycles. The van der Waals surface area contributed by atoms with Crippen molar-refractivity contribution in [3.05, 3.63) is 59.4 Å². The molecule has 1 aromatic heterocycles. The van der Waals surface area contributed by atoms with Crippen LogP contribution in [0.3, 0.4) is 0 Å². The van der Waals surface area contributed by atoms with Crippen LogP contribution in [0.25, 0.3) is 22.2 Å². The van der Waals surface area contributed by atoms with E-state index in [0.29, 0.717) is 35.2 Å². The second-order valence-electron chi connectivity index (χ2n) is 6.30. The quantitative estimate of drug-likeness (QED) is 0.509. The maximum absolute atomic E-state index is 14.2. The minimum atomic E-state index is -0.886. The van der Waals surface area contributed by atoms with Gasteiger partial charge in [-0.25, -0.2) is 13.2 Å². The first-order valence-electron chi connectivity index (χ1n) is 8.29. The lowest BCUT2D eigenvalue weighted by molar-refractivity contribution is 0.116. The summed E-state index contributed by atoms with van der Waals surface area (Å²) in [6, 6.07) is 7.38. The molecule has 4 nitrogen and oxygen atoms in total. The summed E-state index contributed by atoms with van der Waals surface area (Å²) in [5.74, 6) is -1.76. The summed E-state index contributed by atoms with van der Waals surface area (Å²) >= 11 is 0. The molecule has 1 unspecified atom stereocenters. The Morgan fingerprint density at radius 2 is 1.81 bits per heavy atom. The molecule has 26 heavy (non-hydrogen) atoms. The molecule has 5 N–H and O–H groups in total. The highest BCUT2D eigenvalue weighted by atomic mass is 19.1. The van der Waals surface area contributed by atoms with E-state index in [1.54, 1.807) is 19.1 Å². The van der Waals surface area contributed by atoms with Crippen LogP contribution in [0.5, 0.6) is 0 Å². The number of aliphatic hydroxyl groups excluding tert-OH is 1. The van der Waals surface area contributed by atoms with Crippen LogP contribution in [0.2, 0.25) is 0 Å². The summed E-state index contributed by atoms with van der Waals surface area (Å²) in [6.07, 6.45) is -0.498. The number of hydrogen-bond donors (Lipinski definition) is 4. The first-order chi connectivity index (χ1) is 12.4. The van der Waals surface area contributed by atoms with Crippen LogP contribution in [0.1, 0.15) is 12.5 Å². The molecule has 0 amide bonds. The largest absolute Gasteiger partial charge is 0.377 e. The number of rotatable bonds is 6. The van der Waals surface area contributed by atoms with E-state index < -0.39 is 23.9 Å². The molecular formula is C19H20F3N3O. The Balaban J connectivity index is 2.02. The van der Waals surface area contributed by atoms with E-state index >= 15 is 0 Å². The monoisotopic (exact) mass is 363 g/mol. The number of hydrogen-bond acceptors (Lipinski definition) is 3. The molecule has 0 fully saturated rings. The van der Waals surface area contributed by atoms with Gasteiger partial charge in [-0.3, -0.25) is 5.32 Å². The number of nitrogens with one attached hydrogen (secondary N) is 2. The predicted octanol–water partition coefficient (Wildman–Crippen LogP) is 3.05. The van der Waals surface area contributed by atoms with Gasteiger partial charge in [-0.1, -0.05) is 0 Å². The van der Waals surface area contributed by atoms with Crippen LogP contribution in [0.4, 0.5) is 13.2 Å². The average molecular weight is 363 g/mol. The van der Waals surface area contributed by atoms with E-state index in [0.717, 1.165) is 6.07 Å². The topological polar surface area (TPSA) is 74.1 Å². The fourth-order valence-electron chi connectivity index (χ4n) is 2.93. The van der Waals surface area contributed by atoms with Crippen molar-refractivity contribution in [1.29, 1.82) is 0 Å². The summed E-state index contributed by atoms with van der Waals surface area (Å²) in [5.41, 5.74) is 7.71. The highest BCUT2D eigenvalue weighted by Gasteiger charge is 2.18. The molecule has 0 spiro atoms. The van der Waals surface area contributed by atoms with Crippen LogP contribution >= 0.6 is 0 Å². The molecule has 0 radical (unpaired) electrons. The predicted molar refractivity (Wildman–Crippen MR) is 95.0 cm³/mol. The lowest BCUT2D eigenvalue weighted by Gasteiger charge is -2.16. The molecular weight excluding hydrogens is 343 g/mol. The second kappa shape index (κ2) is 7.49. The average Bonchev–Trinajstić information content (AvgIpc) is 2.94. The van der Waals surface area contributed by atoms with Gasteiger partial charge < -0.3 is 15.8 Å². The van der Waals surface area contributed by atoms with Crippen molar-refractivity contribution < 1.29 is 18.3 Å². The highest BCUT2D eigenvalue weighted by molar-refractivity contribution is 5.91. The summed E-state index contributed by atoms with van der Waals surface area (Å²) in [6.45, 7) is 2.01. The fraction of sp³-hybridized carbons (Fsp3) is 0.263. The van der Waals surface area contributed by atoms with Gasteiger partial charge in [-0.15, -0.1) is 0 Å². The minimum absolute atomic E-state index is 0.188. The zero-order valence-corrected chi connectivity index (χ0v) is 14.2. The molecule has 1 heterocycles. The van der Waals surface area contributed by atoms with Gasteiger partial charge in [-0.2, -0.15) is 0 Å². The third-order valence-corrected chi connectivity index (χ3v) is 4.29. The third kappa shape index (κ3) is 3.75. The SMILES string of the molecule is C[C@H](N)C(O)NCCc1c(-c2ccc(F)cc2)[nH]c2c(F)cc(F)cc12. The molecule has 2 atom stereocenters. The maximum atomic E-state index is 14.2. The molecule has 0 aliphatic rings. The smallest absolute Gasteiger partial charge is 0.150 e. The maximum Gasteiger partial charge on any atom is 0.150 e. The summed E-state index contributed by atoms with van der Waals surface area (Å²) < 4.78 is 41.1. The Morgan fingerprint density at radius 3 is 2.46 bits per heavy atom. The van der Waals surface area contributed by atoms with Crippen molar-refractivity contribution in [3.8, 4) is 11.3 Å². The van der Waals surface area contributed by atoms with Gasteiger partial charge in [0.05, 0.1) is 5.52 Å². The second-order valence-corrected chi connectivity index (χ2v) is 6.30. The fourth-order valence-corrected chi connectivity index (χ4v) is 2.93. The molecule has 3 aromatic rings. The van der Waals surface area contributed by atoms with Crippen LogP contribution in [0.15, 0.2) is 36.4 Å². The molecule has 138 valence electrons. The van der Waals surface area contributed by atoms with E-state index in [-0.39, 0.29) is 11.3 Å². The molecule has 0 saturated heterocycles. The molecule has 0 saturated carbocycles. The number of fused-ring (bicyclic) bond motifs is 1. The number of aromatic amines is 1. The van der Waals surface area contributed by atoms with E-state index in [2.05, 4.69) is 10.3 Å². The van der Waals surface area contributed by atoms with Gasteiger partial charge in [-0.05, 0) is 54.8 Å². The number of H-pyrrole nitrogens is 1. The number of nitrogens with two attached hydrogens (primary N) is 1. The van der Waals surface area contributed by atoms with Crippen molar-refractivity contribution in [2.24, 2.45) is 5.73 Å². The van der Waals surface area contributed by atoms with Gasteiger partial charge in [0.25, 0.3) is 0 Å². The van der Waals surface area contributed by atoms with Gasteiger partial charge in [0.15, 0.2) is 0 Å². The van der Waals surface area contributed by atoms with Crippen molar-refractivity contribution in [2.45, 2.75) is 25.6 Å². The van der Waals surface area contributed by atoms with Crippen molar-refractivity contribution in [1.82, 2.24) is 10.3 Å². The highest BCUT2D eigenvalue weighted by Crippen LogP contribution is 2.32. The number of benzene rings is 2. The Bertz CT molecular complexity index is 907. The van der Waals surface area contributed by atoms with E-state index in [4.69, 9.17) is 5.73 Å². The minimum Gasteiger partial charge on any atom is -0.377 e. The molecule has 0 aliphatic heterocycles.